The Kier molecular flexibility index (Phi) is 3.57. The zero-order valence-electron chi connectivity index (χ0n) is 10.3. The Morgan fingerprint density at radius 3 is 2.30 bits per heavy atom. The highest BCUT2D eigenvalue weighted by Gasteiger charge is 2.31. The van der Waals surface area contributed by atoms with Crippen LogP contribution in [0.2, 0.25) is 0 Å². The van der Waals surface area contributed by atoms with Gasteiger partial charge in [0.15, 0.2) is 11.6 Å². The first-order chi connectivity index (χ1) is 9.32. The number of halogens is 4. The minimum atomic E-state index is -4.53. The van der Waals surface area contributed by atoms with E-state index >= 15 is 0 Å². The van der Waals surface area contributed by atoms with Gasteiger partial charge in [-0.15, -0.1) is 0 Å². The van der Waals surface area contributed by atoms with Gasteiger partial charge in [0.05, 0.1) is 12.7 Å². The Bertz CT molecular complexity index is 636. The van der Waals surface area contributed by atoms with Gasteiger partial charge in [0.2, 0.25) is 0 Å². The number of hydrogen-bond donors (Lipinski definition) is 1. The molecule has 6 heteroatoms. The summed E-state index contributed by atoms with van der Waals surface area (Å²) in [6.07, 6.45) is -4.53. The first-order valence-electron chi connectivity index (χ1n) is 5.57. The van der Waals surface area contributed by atoms with Crippen LogP contribution in [0.15, 0.2) is 36.4 Å². The molecule has 0 fully saturated rings. The van der Waals surface area contributed by atoms with E-state index in [-0.39, 0.29) is 22.6 Å². The van der Waals surface area contributed by atoms with Gasteiger partial charge < -0.3 is 9.84 Å². The summed E-state index contributed by atoms with van der Waals surface area (Å²) in [6.45, 7) is 0. The SMILES string of the molecule is COc1ccc(-c2cc(C(F)(F)F)ccc2O)cc1F. The van der Waals surface area contributed by atoms with E-state index < -0.39 is 17.6 Å². The van der Waals surface area contributed by atoms with Crippen molar-refractivity contribution in [1.82, 2.24) is 0 Å². The molecule has 20 heavy (non-hydrogen) atoms. The van der Waals surface area contributed by atoms with Gasteiger partial charge in [-0.05, 0) is 35.9 Å². The van der Waals surface area contributed by atoms with Gasteiger partial charge in [-0.2, -0.15) is 13.2 Å². The fourth-order valence-electron chi connectivity index (χ4n) is 1.78. The Balaban J connectivity index is 2.54. The predicted octanol–water partition coefficient (Wildman–Crippen LogP) is 4.23. The summed E-state index contributed by atoms with van der Waals surface area (Å²) >= 11 is 0. The Morgan fingerprint density at radius 1 is 1.05 bits per heavy atom. The highest BCUT2D eigenvalue weighted by molar-refractivity contribution is 5.71. The van der Waals surface area contributed by atoms with Gasteiger partial charge in [0, 0.05) is 5.56 Å². The Labute approximate surface area is 112 Å². The summed E-state index contributed by atoms with van der Waals surface area (Å²) in [4.78, 5) is 0. The van der Waals surface area contributed by atoms with Gasteiger partial charge in [-0.1, -0.05) is 6.07 Å². The van der Waals surface area contributed by atoms with Gasteiger partial charge >= 0.3 is 6.18 Å². The van der Waals surface area contributed by atoms with Crippen LogP contribution < -0.4 is 4.74 Å². The number of hydrogen-bond acceptors (Lipinski definition) is 2. The van der Waals surface area contributed by atoms with Crippen molar-refractivity contribution < 1.29 is 27.4 Å². The quantitative estimate of drug-likeness (QED) is 0.837. The maximum atomic E-state index is 13.6. The Hall–Kier alpha value is -2.24. The lowest BCUT2D eigenvalue weighted by molar-refractivity contribution is -0.137. The molecular formula is C14H10F4O2. The monoisotopic (exact) mass is 286 g/mol. The van der Waals surface area contributed by atoms with Crippen molar-refractivity contribution in [3.05, 3.63) is 47.8 Å². The number of aromatic hydroxyl groups is 1. The van der Waals surface area contributed by atoms with Gasteiger partial charge in [0.1, 0.15) is 5.75 Å². The standard InChI is InChI=1S/C14H10F4O2/c1-20-13-5-2-8(6-11(13)15)10-7-9(14(16,17)18)3-4-12(10)19/h2-7,19H,1H3. The third-order valence-corrected chi connectivity index (χ3v) is 2.79. The first-order valence-corrected chi connectivity index (χ1v) is 5.57. The molecule has 0 aliphatic heterocycles. The molecule has 0 amide bonds. The second kappa shape index (κ2) is 5.03. The fraction of sp³-hybridized carbons (Fsp3) is 0.143. The summed E-state index contributed by atoms with van der Waals surface area (Å²) in [7, 11) is 1.28. The summed E-state index contributed by atoms with van der Waals surface area (Å²) in [5.74, 6) is -1.11. The third-order valence-electron chi connectivity index (χ3n) is 2.79. The maximum Gasteiger partial charge on any atom is 0.416 e. The van der Waals surface area contributed by atoms with Crippen molar-refractivity contribution in [2.45, 2.75) is 6.18 Å². The van der Waals surface area contributed by atoms with Gasteiger partial charge in [-0.25, -0.2) is 4.39 Å². The van der Waals surface area contributed by atoms with Crippen LogP contribution in [-0.4, -0.2) is 12.2 Å². The molecule has 0 saturated heterocycles. The second-order valence-corrected chi connectivity index (χ2v) is 4.08. The maximum absolute atomic E-state index is 13.6. The lowest BCUT2D eigenvalue weighted by atomic mass is 10.0. The van der Waals surface area contributed by atoms with Crippen LogP contribution in [0, 0.1) is 5.82 Å². The average Bonchev–Trinajstić information content (AvgIpc) is 2.37. The van der Waals surface area contributed by atoms with Crippen LogP contribution in [0.3, 0.4) is 0 Å². The Morgan fingerprint density at radius 2 is 1.75 bits per heavy atom. The molecular weight excluding hydrogens is 276 g/mol. The van der Waals surface area contributed by atoms with Crippen molar-refractivity contribution in [3.63, 3.8) is 0 Å². The molecule has 0 bridgehead atoms. The molecule has 0 unspecified atom stereocenters. The van der Waals surface area contributed by atoms with E-state index in [1.54, 1.807) is 0 Å². The van der Waals surface area contributed by atoms with E-state index in [1.807, 2.05) is 0 Å². The third kappa shape index (κ3) is 2.68. The lowest BCUT2D eigenvalue weighted by Gasteiger charge is -2.11. The van der Waals surface area contributed by atoms with Crippen molar-refractivity contribution >= 4 is 0 Å². The van der Waals surface area contributed by atoms with Crippen LogP contribution in [0.4, 0.5) is 17.6 Å². The van der Waals surface area contributed by atoms with E-state index in [1.165, 1.54) is 19.2 Å². The number of methoxy groups -OCH3 is 1. The largest absolute Gasteiger partial charge is 0.507 e. The molecule has 0 aliphatic rings. The van der Waals surface area contributed by atoms with E-state index in [0.29, 0.717) is 0 Å². The smallest absolute Gasteiger partial charge is 0.416 e. The van der Waals surface area contributed by atoms with Crippen molar-refractivity contribution in [2.24, 2.45) is 0 Å². The molecule has 2 nitrogen and oxygen atoms in total. The number of phenolic OH excluding ortho intramolecular Hbond substituents is 1. The molecule has 1 N–H and O–H groups in total. The molecule has 0 saturated carbocycles. The van der Waals surface area contributed by atoms with E-state index in [4.69, 9.17) is 4.74 Å². The summed E-state index contributed by atoms with van der Waals surface area (Å²) in [5, 5.41) is 9.65. The van der Waals surface area contributed by atoms with E-state index in [9.17, 15) is 22.7 Å². The molecule has 0 aliphatic carbocycles. The van der Waals surface area contributed by atoms with Crippen LogP contribution in [0.25, 0.3) is 11.1 Å². The van der Waals surface area contributed by atoms with Crippen molar-refractivity contribution in [2.75, 3.05) is 7.11 Å². The van der Waals surface area contributed by atoms with Gasteiger partial charge in [-0.3, -0.25) is 0 Å². The van der Waals surface area contributed by atoms with E-state index in [2.05, 4.69) is 0 Å². The molecule has 2 aromatic carbocycles. The molecule has 0 atom stereocenters. The van der Waals surface area contributed by atoms with E-state index in [0.717, 1.165) is 24.3 Å². The normalized spacial score (nSPS) is 11.4. The number of phenols is 1. The summed E-state index contributed by atoms with van der Waals surface area (Å²) in [5.41, 5.74) is -0.880. The molecule has 2 aromatic rings. The zero-order valence-corrected chi connectivity index (χ0v) is 10.3. The molecule has 0 heterocycles. The number of rotatable bonds is 2. The molecule has 106 valence electrons. The molecule has 0 radical (unpaired) electrons. The van der Waals surface area contributed by atoms with Crippen LogP contribution in [0.5, 0.6) is 11.5 Å². The molecule has 0 spiro atoms. The fourth-order valence-corrected chi connectivity index (χ4v) is 1.78. The average molecular weight is 286 g/mol. The minimum Gasteiger partial charge on any atom is -0.507 e. The van der Waals surface area contributed by atoms with Crippen LogP contribution in [-0.2, 0) is 6.18 Å². The van der Waals surface area contributed by atoms with Crippen LogP contribution >= 0.6 is 0 Å². The highest BCUT2D eigenvalue weighted by atomic mass is 19.4. The summed E-state index contributed by atoms with van der Waals surface area (Å²) in [6, 6.07) is 6.13. The molecule has 0 aromatic heterocycles. The van der Waals surface area contributed by atoms with Crippen molar-refractivity contribution in [1.29, 1.82) is 0 Å². The first kappa shape index (κ1) is 14.2. The predicted molar refractivity (Wildman–Crippen MR) is 65.1 cm³/mol. The van der Waals surface area contributed by atoms with Gasteiger partial charge in [0.25, 0.3) is 0 Å². The zero-order chi connectivity index (χ0) is 14.9. The number of benzene rings is 2. The highest BCUT2D eigenvalue weighted by Crippen LogP contribution is 2.37. The van der Waals surface area contributed by atoms with Crippen molar-refractivity contribution in [3.8, 4) is 22.6 Å². The molecule has 2 rings (SSSR count). The number of ether oxygens (including phenoxy) is 1. The minimum absolute atomic E-state index is 0.0276. The van der Waals surface area contributed by atoms with Crippen LogP contribution in [0.1, 0.15) is 5.56 Å². The topological polar surface area (TPSA) is 29.5 Å². The summed E-state index contributed by atoms with van der Waals surface area (Å²) < 4.78 is 56.2. The number of alkyl halides is 3. The second-order valence-electron chi connectivity index (χ2n) is 4.08. The lowest BCUT2D eigenvalue weighted by Crippen LogP contribution is -2.04.